The highest BCUT2D eigenvalue weighted by Crippen LogP contribution is 2.16. The maximum Gasteiger partial charge on any atom is 0.338 e. The standard InChI is InChI=1S/C20H24N4O3/c1-2-27-19(26)15-7-9-16(10-8-15)22-20-21-12-11-17(23-20)18(25)24-13-5-3-4-6-14-24/h7-12H,2-6,13-14H2,1H3,(H,21,22,23). The highest BCUT2D eigenvalue weighted by atomic mass is 16.5. The van der Waals surface area contributed by atoms with Gasteiger partial charge in [0, 0.05) is 25.0 Å². The molecule has 1 saturated heterocycles. The first-order valence-electron chi connectivity index (χ1n) is 9.34. The van der Waals surface area contributed by atoms with E-state index in [0.717, 1.165) is 31.6 Å². The van der Waals surface area contributed by atoms with E-state index in [1.165, 1.54) is 12.8 Å². The van der Waals surface area contributed by atoms with Crippen molar-refractivity contribution in [2.45, 2.75) is 32.6 Å². The molecule has 7 heteroatoms. The molecule has 0 unspecified atom stereocenters. The molecule has 1 aromatic carbocycles. The van der Waals surface area contributed by atoms with Crippen LogP contribution >= 0.6 is 0 Å². The van der Waals surface area contributed by atoms with E-state index in [0.29, 0.717) is 23.8 Å². The van der Waals surface area contributed by atoms with Gasteiger partial charge in [0.15, 0.2) is 0 Å². The van der Waals surface area contributed by atoms with Crippen LogP contribution in [0.15, 0.2) is 36.5 Å². The van der Waals surface area contributed by atoms with Gasteiger partial charge in [0.2, 0.25) is 5.95 Å². The zero-order chi connectivity index (χ0) is 19.1. The number of amides is 1. The van der Waals surface area contributed by atoms with Crippen LogP contribution in [-0.2, 0) is 4.74 Å². The monoisotopic (exact) mass is 368 g/mol. The van der Waals surface area contributed by atoms with Gasteiger partial charge < -0.3 is 15.0 Å². The first kappa shape index (κ1) is 18.8. The number of carbonyl (C=O) groups is 2. The normalized spacial score (nSPS) is 14.3. The SMILES string of the molecule is CCOC(=O)c1ccc(Nc2nccc(C(=O)N3CCCCCC3)n2)cc1. The van der Waals surface area contributed by atoms with Crippen molar-refractivity contribution in [1.29, 1.82) is 0 Å². The molecule has 0 spiro atoms. The molecule has 1 fully saturated rings. The summed E-state index contributed by atoms with van der Waals surface area (Å²) >= 11 is 0. The van der Waals surface area contributed by atoms with Gasteiger partial charge in [0.05, 0.1) is 12.2 Å². The summed E-state index contributed by atoms with van der Waals surface area (Å²) in [5.74, 6) is -0.0649. The van der Waals surface area contributed by atoms with Crippen molar-refractivity contribution in [3.05, 3.63) is 47.8 Å². The Hall–Kier alpha value is -2.96. The minimum absolute atomic E-state index is 0.0555. The van der Waals surface area contributed by atoms with Crippen LogP contribution in [-0.4, -0.2) is 46.4 Å². The zero-order valence-electron chi connectivity index (χ0n) is 15.5. The number of anilines is 2. The number of carbonyl (C=O) groups excluding carboxylic acids is 2. The summed E-state index contributed by atoms with van der Waals surface area (Å²) in [6.45, 7) is 3.66. The molecule has 0 saturated carbocycles. The molecule has 0 bridgehead atoms. The van der Waals surface area contributed by atoms with Crippen LogP contribution in [0, 0.1) is 0 Å². The molecule has 0 radical (unpaired) electrons. The average Bonchev–Trinajstić information content (AvgIpc) is 2.98. The van der Waals surface area contributed by atoms with Gasteiger partial charge in [-0.2, -0.15) is 0 Å². The first-order chi connectivity index (χ1) is 13.2. The second kappa shape index (κ2) is 9.12. The smallest absolute Gasteiger partial charge is 0.338 e. The van der Waals surface area contributed by atoms with Gasteiger partial charge in [-0.3, -0.25) is 4.79 Å². The Morgan fingerprint density at radius 2 is 1.78 bits per heavy atom. The lowest BCUT2D eigenvalue weighted by atomic mass is 10.2. The molecule has 7 nitrogen and oxygen atoms in total. The number of esters is 1. The molecule has 2 aromatic rings. The number of hydrogen-bond acceptors (Lipinski definition) is 6. The number of ether oxygens (including phenoxy) is 1. The third-order valence-electron chi connectivity index (χ3n) is 4.42. The summed E-state index contributed by atoms with van der Waals surface area (Å²) in [4.78, 5) is 34.8. The lowest BCUT2D eigenvalue weighted by molar-refractivity contribution is 0.0526. The lowest BCUT2D eigenvalue weighted by Crippen LogP contribution is -2.32. The van der Waals surface area contributed by atoms with Crippen LogP contribution < -0.4 is 5.32 Å². The second-order valence-corrected chi connectivity index (χ2v) is 6.39. The number of nitrogens with zero attached hydrogens (tertiary/aromatic N) is 3. The van der Waals surface area contributed by atoms with Gasteiger partial charge in [-0.1, -0.05) is 12.8 Å². The number of nitrogens with one attached hydrogen (secondary N) is 1. The van der Waals surface area contributed by atoms with E-state index in [1.54, 1.807) is 43.5 Å². The van der Waals surface area contributed by atoms with Gasteiger partial charge in [-0.15, -0.1) is 0 Å². The van der Waals surface area contributed by atoms with Crippen molar-refractivity contribution in [1.82, 2.24) is 14.9 Å². The zero-order valence-corrected chi connectivity index (χ0v) is 15.5. The van der Waals surface area contributed by atoms with Crippen LogP contribution in [0.2, 0.25) is 0 Å². The Morgan fingerprint density at radius 3 is 2.44 bits per heavy atom. The summed E-state index contributed by atoms with van der Waals surface area (Å²) in [5, 5.41) is 3.07. The molecule has 1 aliphatic rings. The van der Waals surface area contributed by atoms with E-state index in [-0.39, 0.29) is 11.9 Å². The molecule has 1 amide bonds. The quantitative estimate of drug-likeness (QED) is 0.814. The molecule has 142 valence electrons. The molecule has 0 aliphatic carbocycles. The highest BCUT2D eigenvalue weighted by molar-refractivity contribution is 5.92. The second-order valence-electron chi connectivity index (χ2n) is 6.39. The van der Waals surface area contributed by atoms with Crippen molar-refractivity contribution in [3.8, 4) is 0 Å². The summed E-state index contributed by atoms with van der Waals surface area (Å²) in [6.07, 6.45) is 5.99. The highest BCUT2D eigenvalue weighted by Gasteiger charge is 2.19. The first-order valence-corrected chi connectivity index (χ1v) is 9.34. The maximum atomic E-state index is 12.7. The van der Waals surface area contributed by atoms with Gasteiger partial charge in [-0.25, -0.2) is 14.8 Å². The van der Waals surface area contributed by atoms with E-state index >= 15 is 0 Å². The van der Waals surface area contributed by atoms with E-state index in [4.69, 9.17) is 4.74 Å². The third-order valence-corrected chi connectivity index (χ3v) is 4.42. The molecule has 27 heavy (non-hydrogen) atoms. The minimum Gasteiger partial charge on any atom is -0.462 e. The predicted octanol–water partition coefficient (Wildman–Crippen LogP) is 3.41. The summed E-state index contributed by atoms with van der Waals surface area (Å²) in [7, 11) is 0. The Labute approximate surface area is 158 Å². The molecular formula is C20H24N4O3. The number of rotatable bonds is 5. The van der Waals surface area contributed by atoms with Crippen LogP contribution in [0.3, 0.4) is 0 Å². The molecule has 3 rings (SSSR count). The van der Waals surface area contributed by atoms with Gasteiger partial charge in [0.25, 0.3) is 5.91 Å². The van der Waals surface area contributed by atoms with Crippen LogP contribution in [0.5, 0.6) is 0 Å². The minimum atomic E-state index is -0.356. The van der Waals surface area contributed by atoms with Gasteiger partial charge in [0.1, 0.15) is 5.69 Å². The maximum absolute atomic E-state index is 12.7. The van der Waals surface area contributed by atoms with Crippen LogP contribution in [0.1, 0.15) is 53.5 Å². The largest absolute Gasteiger partial charge is 0.462 e. The Kier molecular flexibility index (Phi) is 6.35. The predicted molar refractivity (Wildman–Crippen MR) is 102 cm³/mol. The molecule has 1 aliphatic heterocycles. The molecular weight excluding hydrogens is 344 g/mol. The lowest BCUT2D eigenvalue weighted by Gasteiger charge is -2.19. The number of aromatic nitrogens is 2. The summed E-state index contributed by atoms with van der Waals surface area (Å²) < 4.78 is 4.97. The number of hydrogen-bond donors (Lipinski definition) is 1. The Morgan fingerprint density at radius 1 is 1.07 bits per heavy atom. The third kappa shape index (κ3) is 5.03. The molecule has 1 aromatic heterocycles. The summed E-state index contributed by atoms with van der Waals surface area (Å²) in [6, 6.07) is 8.49. The van der Waals surface area contributed by atoms with Crippen molar-refractivity contribution >= 4 is 23.5 Å². The fourth-order valence-corrected chi connectivity index (χ4v) is 3.01. The molecule has 0 atom stereocenters. The fraction of sp³-hybridized carbons (Fsp3) is 0.400. The van der Waals surface area contributed by atoms with Crippen molar-refractivity contribution in [2.24, 2.45) is 0 Å². The van der Waals surface area contributed by atoms with E-state index in [9.17, 15) is 9.59 Å². The van der Waals surface area contributed by atoms with Crippen molar-refractivity contribution in [3.63, 3.8) is 0 Å². The van der Waals surface area contributed by atoms with Crippen molar-refractivity contribution in [2.75, 3.05) is 25.0 Å². The number of likely N-dealkylation sites (tertiary alicyclic amines) is 1. The Bertz CT molecular complexity index is 784. The molecule has 2 heterocycles. The summed E-state index contributed by atoms with van der Waals surface area (Å²) in [5.41, 5.74) is 1.59. The van der Waals surface area contributed by atoms with Crippen molar-refractivity contribution < 1.29 is 14.3 Å². The Balaban J connectivity index is 1.68. The van der Waals surface area contributed by atoms with Crippen LogP contribution in [0.4, 0.5) is 11.6 Å². The van der Waals surface area contributed by atoms with E-state index < -0.39 is 0 Å². The molecule has 1 N–H and O–H groups in total. The fourth-order valence-electron chi connectivity index (χ4n) is 3.01. The average molecular weight is 368 g/mol. The van der Waals surface area contributed by atoms with E-state index in [2.05, 4.69) is 15.3 Å². The van der Waals surface area contributed by atoms with Gasteiger partial charge >= 0.3 is 5.97 Å². The van der Waals surface area contributed by atoms with E-state index in [1.807, 2.05) is 4.90 Å². The number of benzene rings is 1. The topological polar surface area (TPSA) is 84.4 Å². The van der Waals surface area contributed by atoms with Gasteiger partial charge in [-0.05, 0) is 50.1 Å². The van der Waals surface area contributed by atoms with Crippen LogP contribution in [0.25, 0.3) is 0 Å².